The van der Waals surface area contributed by atoms with Gasteiger partial charge in [0.05, 0.1) is 0 Å². The molecule has 1 amide bonds. The number of nitrogens with zero attached hydrogens (tertiary/aromatic N) is 4. The number of nitrogens with one attached hydrogen (secondary N) is 1. The number of benzene rings is 1. The number of carbonyl (C=O) groups is 1. The van der Waals surface area contributed by atoms with E-state index in [1.165, 1.54) is 18.2 Å². The predicted molar refractivity (Wildman–Crippen MR) is 100 cm³/mol. The van der Waals surface area contributed by atoms with E-state index in [1.807, 2.05) is 0 Å². The molecule has 0 unspecified atom stereocenters. The number of likely N-dealkylation sites (tertiary alicyclic amines) is 1. The molecule has 9 heteroatoms. The highest BCUT2D eigenvalue weighted by atomic mass is 19.1. The van der Waals surface area contributed by atoms with Crippen molar-refractivity contribution in [3.05, 3.63) is 24.0 Å². The van der Waals surface area contributed by atoms with Crippen LogP contribution in [0.3, 0.4) is 0 Å². The smallest absolute Gasteiger partial charge is 0.410 e. The first-order chi connectivity index (χ1) is 13.2. The molecule has 1 heterocycles. The Hall–Kier alpha value is -3.33. The van der Waals surface area contributed by atoms with E-state index in [-0.39, 0.29) is 29.3 Å². The topological polar surface area (TPSA) is 111 Å². The van der Waals surface area contributed by atoms with Crippen LogP contribution in [0.25, 0.3) is 0 Å². The number of amides is 1. The van der Waals surface area contributed by atoms with E-state index in [0.717, 1.165) is 0 Å². The van der Waals surface area contributed by atoms with E-state index in [1.54, 1.807) is 37.8 Å². The third-order valence-corrected chi connectivity index (χ3v) is 3.85. The molecule has 0 aromatic heterocycles. The minimum atomic E-state index is -0.592. The highest BCUT2D eigenvalue weighted by Gasteiger charge is 2.28. The first-order valence-corrected chi connectivity index (χ1v) is 8.80. The van der Waals surface area contributed by atoms with Gasteiger partial charge in [-0.2, -0.15) is 15.6 Å². The Labute approximate surface area is 163 Å². The molecule has 2 rings (SSSR count). The lowest BCUT2D eigenvalue weighted by molar-refractivity contribution is 0.0124. The van der Waals surface area contributed by atoms with Crippen LogP contribution in [0.1, 0.15) is 33.6 Å². The van der Waals surface area contributed by atoms with Gasteiger partial charge in [0.1, 0.15) is 29.5 Å². The van der Waals surface area contributed by atoms with Gasteiger partial charge >= 0.3 is 6.09 Å². The SMILES string of the molecule is CC(C)(C)OC(=O)N1CCC(Oc2c(F)cccc2NN=C(C#N)C#N)CC1. The molecule has 1 saturated heterocycles. The van der Waals surface area contributed by atoms with Gasteiger partial charge in [0.25, 0.3) is 0 Å². The third kappa shape index (κ3) is 5.85. The number of para-hydroxylation sites is 1. The molecule has 1 aliphatic heterocycles. The fourth-order valence-electron chi connectivity index (χ4n) is 2.56. The van der Waals surface area contributed by atoms with Gasteiger partial charge in [-0.3, -0.25) is 5.43 Å². The van der Waals surface area contributed by atoms with Gasteiger partial charge in [-0.05, 0) is 32.9 Å². The number of hydrogen-bond acceptors (Lipinski definition) is 7. The highest BCUT2D eigenvalue weighted by Crippen LogP contribution is 2.31. The zero-order chi connectivity index (χ0) is 20.7. The van der Waals surface area contributed by atoms with Crippen LogP contribution in [0.4, 0.5) is 14.9 Å². The van der Waals surface area contributed by atoms with Crippen LogP contribution in [0.15, 0.2) is 23.3 Å². The maximum atomic E-state index is 14.3. The molecule has 0 aliphatic carbocycles. The van der Waals surface area contributed by atoms with Crippen molar-refractivity contribution in [2.45, 2.75) is 45.3 Å². The number of anilines is 1. The van der Waals surface area contributed by atoms with E-state index < -0.39 is 11.4 Å². The van der Waals surface area contributed by atoms with Crippen LogP contribution in [0.5, 0.6) is 5.75 Å². The standard InChI is InChI=1S/C19H22FN5O3/c1-19(2,3)28-18(26)25-9-7-14(8-10-25)27-17-15(20)5-4-6-16(17)24-23-13(11-21)12-22/h4-6,14,24H,7-10H2,1-3H3. The molecule has 148 valence electrons. The predicted octanol–water partition coefficient (Wildman–Crippen LogP) is 3.42. The molecule has 0 saturated carbocycles. The second-order valence-corrected chi connectivity index (χ2v) is 7.20. The van der Waals surface area contributed by atoms with Crippen molar-refractivity contribution in [2.75, 3.05) is 18.5 Å². The van der Waals surface area contributed by atoms with Gasteiger partial charge in [-0.15, -0.1) is 0 Å². The average Bonchev–Trinajstić information content (AvgIpc) is 2.64. The van der Waals surface area contributed by atoms with E-state index in [9.17, 15) is 9.18 Å². The molecule has 1 aromatic carbocycles. The van der Waals surface area contributed by atoms with Crippen molar-refractivity contribution < 1.29 is 18.7 Å². The lowest BCUT2D eigenvalue weighted by Gasteiger charge is -2.33. The van der Waals surface area contributed by atoms with Crippen molar-refractivity contribution in [1.29, 1.82) is 10.5 Å². The molecule has 1 N–H and O–H groups in total. The van der Waals surface area contributed by atoms with Crippen molar-refractivity contribution in [3.63, 3.8) is 0 Å². The number of piperidine rings is 1. The molecular weight excluding hydrogens is 365 g/mol. The Morgan fingerprint density at radius 2 is 1.93 bits per heavy atom. The van der Waals surface area contributed by atoms with Crippen molar-refractivity contribution >= 4 is 17.5 Å². The van der Waals surface area contributed by atoms with E-state index in [2.05, 4.69) is 10.5 Å². The van der Waals surface area contributed by atoms with Crippen LogP contribution >= 0.6 is 0 Å². The monoisotopic (exact) mass is 387 g/mol. The molecule has 0 radical (unpaired) electrons. The summed E-state index contributed by atoms with van der Waals surface area (Å²) in [5, 5.41) is 21.1. The summed E-state index contributed by atoms with van der Waals surface area (Å²) in [6.45, 7) is 6.28. The molecule has 0 spiro atoms. The molecule has 0 atom stereocenters. The summed E-state index contributed by atoms with van der Waals surface area (Å²) < 4.78 is 25.4. The van der Waals surface area contributed by atoms with E-state index in [4.69, 9.17) is 20.0 Å². The molecular formula is C19H22FN5O3. The maximum absolute atomic E-state index is 14.3. The quantitative estimate of drug-likeness (QED) is 0.626. The van der Waals surface area contributed by atoms with E-state index in [0.29, 0.717) is 25.9 Å². The van der Waals surface area contributed by atoms with Crippen LogP contribution in [-0.2, 0) is 4.74 Å². The zero-order valence-corrected chi connectivity index (χ0v) is 16.0. The average molecular weight is 387 g/mol. The molecule has 0 bridgehead atoms. The highest BCUT2D eigenvalue weighted by molar-refractivity contribution is 6.10. The minimum absolute atomic E-state index is 0.0443. The first-order valence-electron chi connectivity index (χ1n) is 8.80. The third-order valence-electron chi connectivity index (χ3n) is 3.85. The number of nitriles is 2. The lowest BCUT2D eigenvalue weighted by Crippen LogP contribution is -2.44. The summed E-state index contributed by atoms with van der Waals surface area (Å²) in [6, 6.07) is 7.46. The van der Waals surface area contributed by atoms with Crippen molar-refractivity contribution in [2.24, 2.45) is 5.10 Å². The maximum Gasteiger partial charge on any atom is 0.410 e. The number of halogens is 1. The van der Waals surface area contributed by atoms with Crippen molar-refractivity contribution in [1.82, 2.24) is 4.90 Å². The number of hydrogen-bond donors (Lipinski definition) is 1. The van der Waals surface area contributed by atoms with Crippen LogP contribution < -0.4 is 10.2 Å². The molecule has 1 aliphatic rings. The Balaban J connectivity index is 2.02. The minimum Gasteiger partial charge on any atom is -0.485 e. The Morgan fingerprint density at radius 1 is 1.29 bits per heavy atom. The van der Waals surface area contributed by atoms with Gasteiger partial charge in [-0.1, -0.05) is 6.07 Å². The van der Waals surface area contributed by atoms with Crippen LogP contribution in [0, 0.1) is 28.5 Å². The number of carbonyl (C=O) groups excluding carboxylic acids is 1. The molecule has 1 aromatic rings. The second-order valence-electron chi connectivity index (χ2n) is 7.20. The normalized spacial score (nSPS) is 14.4. The lowest BCUT2D eigenvalue weighted by atomic mass is 10.1. The number of ether oxygens (including phenoxy) is 2. The van der Waals surface area contributed by atoms with Gasteiger partial charge in [-0.25, -0.2) is 9.18 Å². The largest absolute Gasteiger partial charge is 0.485 e. The summed E-state index contributed by atoms with van der Waals surface area (Å²) in [7, 11) is 0. The zero-order valence-electron chi connectivity index (χ0n) is 16.0. The number of hydrazone groups is 1. The summed E-state index contributed by atoms with van der Waals surface area (Å²) >= 11 is 0. The fraction of sp³-hybridized carbons (Fsp3) is 0.474. The van der Waals surface area contributed by atoms with Gasteiger partial charge < -0.3 is 14.4 Å². The van der Waals surface area contributed by atoms with Crippen LogP contribution in [-0.4, -0.2) is 41.5 Å². The Morgan fingerprint density at radius 3 is 2.50 bits per heavy atom. The fourth-order valence-corrected chi connectivity index (χ4v) is 2.56. The van der Waals surface area contributed by atoms with Gasteiger partial charge in [0, 0.05) is 25.9 Å². The number of rotatable bonds is 4. The van der Waals surface area contributed by atoms with Crippen LogP contribution in [0.2, 0.25) is 0 Å². The second kappa shape index (κ2) is 9.05. The molecule has 28 heavy (non-hydrogen) atoms. The van der Waals surface area contributed by atoms with Gasteiger partial charge in [0.15, 0.2) is 11.6 Å². The molecule has 1 fully saturated rings. The summed E-state index contributed by atoms with van der Waals surface area (Å²) in [6.07, 6.45) is 0.344. The van der Waals surface area contributed by atoms with Gasteiger partial charge in [0.2, 0.25) is 5.71 Å². The summed E-state index contributed by atoms with van der Waals surface area (Å²) in [5.41, 5.74) is 1.74. The van der Waals surface area contributed by atoms with E-state index >= 15 is 0 Å². The van der Waals surface area contributed by atoms with Crippen molar-refractivity contribution in [3.8, 4) is 17.9 Å². The Bertz CT molecular complexity index is 811. The summed E-state index contributed by atoms with van der Waals surface area (Å²) in [5.74, 6) is -0.637. The Kier molecular flexibility index (Phi) is 6.78. The summed E-state index contributed by atoms with van der Waals surface area (Å²) in [4.78, 5) is 13.7. The molecule has 8 nitrogen and oxygen atoms in total. The first kappa shape index (κ1) is 21.0.